The fraction of sp³-hybridized carbons (Fsp3) is 0.333. The van der Waals surface area contributed by atoms with Gasteiger partial charge in [0.05, 0.1) is 29.3 Å². The maximum absolute atomic E-state index is 12.8. The number of halogens is 1. The van der Waals surface area contributed by atoms with Gasteiger partial charge in [0.15, 0.2) is 6.61 Å². The number of rotatable bonds is 6. The third-order valence-electron chi connectivity index (χ3n) is 5.73. The van der Waals surface area contributed by atoms with Gasteiger partial charge in [-0.25, -0.2) is 4.79 Å². The molecule has 2 heterocycles. The quantitative estimate of drug-likeness (QED) is 0.466. The van der Waals surface area contributed by atoms with Crippen LogP contribution >= 0.6 is 15.9 Å². The summed E-state index contributed by atoms with van der Waals surface area (Å²) in [5.41, 5.74) is 2.94. The van der Waals surface area contributed by atoms with Gasteiger partial charge in [0.2, 0.25) is 0 Å². The summed E-state index contributed by atoms with van der Waals surface area (Å²) in [5.74, 6) is -2.10. The number of anilines is 1. The molecule has 0 unspecified atom stereocenters. The molecule has 33 heavy (non-hydrogen) atoms. The van der Waals surface area contributed by atoms with Gasteiger partial charge in [0.1, 0.15) is 0 Å². The Kier molecular flexibility index (Phi) is 6.62. The summed E-state index contributed by atoms with van der Waals surface area (Å²) in [5, 5.41) is 2.73. The van der Waals surface area contributed by atoms with E-state index in [9.17, 15) is 19.2 Å². The van der Waals surface area contributed by atoms with Gasteiger partial charge in [-0.3, -0.25) is 19.3 Å². The van der Waals surface area contributed by atoms with Crippen molar-refractivity contribution in [3.05, 3.63) is 62.6 Å². The van der Waals surface area contributed by atoms with Crippen molar-refractivity contribution in [2.24, 2.45) is 0 Å². The number of hydrogen-bond acceptors (Lipinski definition) is 6. The lowest BCUT2D eigenvalue weighted by molar-refractivity contribution is -0.119. The predicted octanol–water partition coefficient (Wildman–Crippen LogP) is 3.64. The first kappa shape index (κ1) is 23.1. The van der Waals surface area contributed by atoms with Gasteiger partial charge in [-0.1, -0.05) is 15.9 Å². The molecule has 1 fully saturated rings. The largest absolute Gasteiger partial charge is 0.452 e. The minimum atomic E-state index is -0.755. The van der Waals surface area contributed by atoms with Gasteiger partial charge in [-0.15, -0.1) is 0 Å². The summed E-state index contributed by atoms with van der Waals surface area (Å²) in [6.07, 6.45) is 1.54. The maximum atomic E-state index is 12.8. The van der Waals surface area contributed by atoms with Crippen LogP contribution in [0, 0.1) is 13.8 Å². The summed E-state index contributed by atoms with van der Waals surface area (Å²) in [4.78, 5) is 51.3. The summed E-state index contributed by atoms with van der Waals surface area (Å²) >= 11 is 3.44. The van der Waals surface area contributed by atoms with Crippen LogP contribution < -0.4 is 5.32 Å². The molecule has 0 radical (unpaired) electrons. The van der Waals surface area contributed by atoms with Crippen LogP contribution in [-0.2, 0) is 14.3 Å². The van der Waals surface area contributed by atoms with E-state index in [4.69, 9.17) is 9.47 Å². The highest BCUT2D eigenvalue weighted by Crippen LogP contribution is 2.27. The molecule has 4 rings (SSSR count). The lowest BCUT2D eigenvalue weighted by atomic mass is 10.1. The summed E-state index contributed by atoms with van der Waals surface area (Å²) in [6, 6.07) is 7.91. The SMILES string of the molecule is Cc1cc(NC(=O)COC(=O)c2ccc3c(c2)C(=O)N(C[C@H]2CCCO2)C3=O)c(C)cc1Br. The van der Waals surface area contributed by atoms with Gasteiger partial charge in [-0.2, -0.15) is 0 Å². The first-order valence-corrected chi connectivity index (χ1v) is 11.4. The van der Waals surface area contributed by atoms with Gasteiger partial charge in [0, 0.05) is 16.8 Å². The highest BCUT2D eigenvalue weighted by molar-refractivity contribution is 9.10. The number of carbonyl (C=O) groups excluding carboxylic acids is 4. The lowest BCUT2D eigenvalue weighted by Gasteiger charge is -2.17. The van der Waals surface area contributed by atoms with Crippen LogP contribution in [-0.4, -0.2) is 54.5 Å². The van der Waals surface area contributed by atoms with E-state index < -0.39 is 30.3 Å². The standard InChI is InChI=1S/C24H23BrN2O6/c1-13-9-20(14(2)8-19(13)25)26-21(28)12-33-24(31)15-5-6-17-18(10-15)23(30)27(22(17)29)11-16-4-3-7-32-16/h5-6,8-10,16H,3-4,7,11-12H2,1-2H3,(H,26,28)/t16-/m1/s1. The van der Waals surface area contributed by atoms with E-state index in [2.05, 4.69) is 21.2 Å². The Morgan fingerprint density at radius 1 is 1.12 bits per heavy atom. The second kappa shape index (κ2) is 9.44. The Labute approximate surface area is 199 Å². The Balaban J connectivity index is 1.39. The van der Waals surface area contributed by atoms with Crippen molar-refractivity contribution in [3.63, 3.8) is 0 Å². The van der Waals surface area contributed by atoms with Crippen molar-refractivity contribution in [2.45, 2.75) is 32.8 Å². The molecule has 1 N–H and O–H groups in total. The molecule has 2 aliphatic rings. The van der Waals surface area contributed by atoms with Crippen molar-refractivity contribution < 1.29 is 28.7 Å². The first-order valence-electron chi connectivity index (χ1n) is 10.6. The molecule has 0 bridgehead atoms. The second-order valence-electron chi connectivity index (χ2n) is 8.16. The number of aryl methyl sites for hydroxylation is 2. The zero-order valence-corrected chi connectivity index (χ0v) is 19.9. The minimum absolute atomic E-state index is 0.0948. The van der Waals surface area contributed by atoms with E-state index in [1.54, 1.807) is 0 Å². The van der Waals surface area contributed by atoms with Crippen LogP contribution in [0.5, 0.6) is 0 Å². The van der Waals surface area contributed by atoms with Crippen LogP contribution in [0.4, 0.5) is 5.69 Å². The summed E-state index contributed by atoms with van der Waals surface area (Å²) in [7, 11) is 0. The molecule has 0 saturated carbocycles. The van der Waals surface area contributed by atoms with E-state index in [0.717, 1.165) is 33.3 Å². The molecule has 1 atom stereocenters. The van der Waals surface area contributed by atoms with Gasteiger partial charge in [-0.05, 0) is 68.1 Å². The maximum Gasteiger partial charge on any atom is 0.338 e. The van der Waals surface area contributed by atoms with Crippen LogP contribution in [0.15, 0.2) is 34.8 Å². The van der Waals surface area contributed by atoms with E-state index >= 15 is 0 Å². The number of imide groups is 1. The van der Waals surface area contributed by atoms with Crippen LogP contribution in [0.2, 0.25) is 0 Å². The minimum Gasteiger partial charge on any atom is -0.452 e. The number of hydrogen-bond donors (Lipinski definition) is 1. The Hall–Kier alpha value is -3.04. The van der Waals surface area contributed by atoms with Crippen LogP contribution in [0.1, 0.15) is 55.0 Å². The fourth-order valence-corrected chi connectivity index (χ4v) is 4.35. The monoisotopic (exact) mass is 514 g/mol. The number of carbonyl (C=O) groups is 4. The average molecular weight is 515 g/mol. The molecule has 172 valence electrons. The van der Waals surface area contributed by atoms with Gasteiger partial charge < -0.3 is 14.8 Å². The number of amides is 3. The zero-order valence-electron chi connectivity index (χ0n) is 18.3. The molecule has 8 nitrogen and oxygen atoms in total. The van der Waals surface area contributed by atoms with Crippen molar-refractivity contribution in [1.82, 2.24) is 4.90 Å². The van der Waals surface area contributed by atoms with E-state index in [0.29, 0.717) is 12.3 Å². The van der Waals surface area contributed by atoms with Crippen molar-refractivity contribution >= 4 is 45.3 Å². The molecule has 1 saturated heterocycles. The Morgan fingerprint density at radius 3 is 2.61 bits per heavy atom. The van der Waals surface area contributed by atoms with Crippen LogP contribution in [0.3, 0.4) is 0 Å². The molecule has 0 aliphatic carbocycles. The third kappa shape index (κ3) is 4.84. The summed E-state index contributed by atoms with van der Waals surface area (Å²) < 4.78 is 11.6. The molecular weight excluding hydrogens is 492 g/mol. The third-order valence-corrected chi connectivity index (χ3v) is 6.59. The van der Waals surface area contributed by atoms with Crippen molar-refractivity contribution in [3.8, 4) is 0 Å². The lowest BCUT2D eigenvalue weighted by Crippen LogP contribution is -2.36. The normalized spacial score (nSPS) is 17.3. The van der Waals surface area contributed by atoms with Crippen LogP contribution in [0.25, 0.3) is 0 Å². The zero-order chi connectivity index (χ0) is 23.7. The average Bonchev–Trinajstić information content (AvgIpc) is 3.38. The highest BCUT2D eigenvalue weighted by atomic mass is 79.9. The van der Waals surface area contributed by atoms with E-state index in [1.807, 2.05) is 26.0 Å². The fourth-order valence-electron chi connectivity index (χ4n) is 3.89. The van der Waals surface area contributed by atoms with Crippen molar-refractivity contribution in [1.29, 1.82) is 0 Å². The smallest absolute Gasteiger partial charge is 0.338 e. The molecule has 0 spiro atoms. The molecule has 9 heteroatoms. The number of nitrogens with one attached hydrogen (secondary N) is 1. The first-order chi connectivity index (χ1) is 15.7. The molecule has 3 amide bonds. The summed E-state index contributed by atoms with van der Waals surface area (Å²) in [6.45, 7) is 4.10. The van der Waals surface area contributed by atoms with Gasteiger partial charge >= 0.3 is 5.97 Å². The van der Waals surface area contributed by atoms with Crippen molar-refractivity contribution in [2.75, 3.05) is 25.1 Å². The molecule has 2 aromatic rings. The predicted molar refractivity (Wildman–Crippen MR) is 123 cm³/mol. The molecule has 0 aromatic heterocycles. The number of fused-ring (bicyclic) bond motifs is 1. The highest BCUT2D eigenvalue weighted by Gasteiger charge is 2.38. The van der Waals surface area contributed by atoms with E-state index in [1.165, 1.54) is 18.2 Å². The molecule has 2 aliphatic heterocycles. The number of nitrogens with zero attached hydrogens (tertiary/aromatic N) is 1. The van der Waals surface area contributed by atoms with Gasteiger partial charge in [0.25, 0.3) is 17.7 Å². The second-order valence-corrected chi connectivity index (χ2v) is 9.01. The number of ether oxygens (including phenoxy) is 2. The Morgan fingerprint density at radius 2 is 1.88 bits per heavy atom. The number of esters is 1. The Bertz CT molecular complexity index is 1160. The topological polar surface area (TPSA) is 102 Å². The number of benzene rings is 2. The molecular formula is C24H23BrN2O6. The molecule has 2 aromatic carbocycles. The van der Waals surface area contributed by atoms with E-state index in [-0.39, 0.29) is 29.3 Å².